The van der Waals surface area contributed by atoms with E-state index in [1.807, 2.05) is 58.0 Å². The Labute approximate surface area is 152 Å². The van der Waals surface area contributed by atoms with E-state index in [1.54, 1.807) is 0 Å². The number of carbonyl (C=O) groups excluding carboxylic acids is 2. The van der Waals surface area contributed by atoms with Crippen molar-refractivity contribution in [3.05, 3.63) is 52.8 Å². The van der Waals surface area contributed by atoms with Gasteiger partial charge in [0, 0.05) is 11.4 Å². The average Bonchev–Trinajstić information content (AvgIpc) is 2.53. The number of benzene rings is 1. The minimum absolute atomic E-state index is 0.119. The summed E-state index contributed by atoms with van der Waals surface area (Å²) in [5.74, 6) is 0.190. The molecule has 0 spiro atoms. The highest BCUT2D eigenvalue weighted by molar-refractivity contribution is 8.00. The normalized spacial score (nSPS) is 10.4. The van der Waals surface area contributed by atoms with Crippen LogP contribution in [0.25, 0.3) is 0 Å². The van der Waals surface area contributed by atoms with E-state index in [1.165, 1.54) is 11.8 Å². The zero-order valence-corrected chi connectivity index (χ0v) is 15.8. The maximum Gasteiger partial charge on any atom is 0.234 e. The van der Waals surface area contributed by atoms with Crippen molar-refractivity contribution in [1.82, 2.24) is 4.98 Å². The fourth-order valence-electron chi connectivity index (χ4n) is 2.46. The lowest BCUT2D eigenvalue weighted by molar-refractivity contribution is -0.114. The van der Waals surface area contributed by atoms with Crippen molar-refractivity contribution in [2.24, 2.45) is 0 Å². The number of aryl methyl sites for hydroxylation is 4. The van der Waals surface area contributed by atoms with E-state index in [-0.39, 0.29) is 23.3 Å². The molecule has 0 bridgehead atoms. The molecule has 132 valence electrons. The average molecular weight is 357 g/mol. The van der Waals surface area contributed by atoms with Crippen molar-refractivity contribution in [1.29, 1.82) is 0 Å². The molecule has 25 heavy (non-hydrogen) atoms. The molecule has 2 aromatic rings. The Balaban J connectivity index is 1.78. The van der Waals surface area contributed by atoms with E-state index >= 15 is 0 Å². The second kappa shape index (κ2) is 8.67. The third-order valence-electron chi connectivity index (χ3n) is 3.59. The van der Waals surface area contributed by atoms with Crippen LogP contribution in [0.1, 0.15) is 22.5 Å². The summed E-state index contributed by atoms with van der Waals surface area (Å²) in [4.78, 5) is 28.4. The molecule has 0 aliphatic rings. The van der Waals surface area contributed by atoms with Crippen LogP contribution in [0.15, 0.2) is 30.3 Å². The van der Waals surface area contributed by atoms with Crippen LogP contribution in [0.2, 0.25) is 0 Å². The number of nitrogens with zero attached hydrogens (tertiary/aromatic N) is 1. The molecular formula is C19H23N3O2S. The lowest BCUT2D eigenvalue weighted by atomic mass is 10.1. The van der Waals surface area contributed by atoms with Gasteiger partial charge in [0.25, 0.3) is 0 Å². The Hall–Kier alpha value is -2.34. The van der Waals surface area contributed by atoms with E-state index in [0.717, 1.165) is 33.9 Å². The Morgan fingerprint density at radius 1 is 0.960 bits per heavy atom. The molecule has 6 heteroatoms. The fourth-order valence-corrected chi connectivity index (χ4v) is 3.08. The number of hydrogen-bond acceptors (Lipinski definition) is 4. The highest BCUT2D eigenvalue weighted by atomic mass is 32.2. The number of carbonyl (C=O) groups is 2. The van der Waals surface area contributed by atoms with Gasteiger partial charge in [-0.15, -0.1) is 11.8 Å². The summed E-state index contributed by atoms with van der Waals surface area (Å²) < 4.78 is 0. The van der Waals surface area contributed by atoms with Crippen LogP contribution in [0.5, 0.6) is 0 Å². The first-order valence-electron chi connectivity index (χ1n) is 8.04. The second-order valence-corrected chi connectivity index (χ2v) is 6.98. The van der Waals surface area contributed by atoms with Gasteiger partial charge in [0.05, 0.1) is 22.9 Å². The molecule has 0 atom stereocenters. The van der Waals surface area contributed by atoms with Crippen LogP contribution in [-0.2, 0) is 9.59 Å². The van der Waals surface area contributed by atoms with Gasteiger partial charge in [0.2, 0.25) is 11.8 Å². The van der Waals surface area contributed by atoms with Crippen molar-refractivity contribution in [3.8, 4) is 0 Å². The van der Waals surface area contributed by atoms with E-state index in [9.17, 15) is 9.59 Å². The molecule has 2 amide bonds. The summed E-state index contributed by atoms with van der Waals surface area (Å²) >= 11 is 1.28. The zero-order valence-electron chi connectivity index (χ0n) is 15.0. The van der Waals surface area contributed by atoms with Gasteiger partial charge in [-0.2, -0.15) is 0 Å². The third kappa shape index (κ3) is 5.90. The van der Waals surface area contributed by atoms with Crippen LogP contribution in [0, 0.1) is 27.7 Å². The Morgan fingerprint density at radius 3 is 2.16 bits per heavy atom. The van der Waals surface area contributed by atoms with Crippen LogP contribution in [0.3, 0.4) is 0 Å². The SMILES string of the molecule is Cc1ccc(NC(=O)CSCC(=O)Nc2c(C)cc(C)nc2C)cc1. The molecule has 1 heterocycles. The Morgan fingerprint density at radius 2 is 1.56 bits per heavy atom. The molecule has 2 N–H and O–H groups in total. The zero-order chi connectivity index (χ0) is 18.4. The molecule has 5 nitrogen and oxygen atoms in total. The van der Waals surface area contributed by atoms with E-state index < -0.39 is 0 Å². The molecule has 1 aromatic heterocycles. The summed E-state index contributed by atoms with van der Waals surface area (Å²) in [5, 5.41) is 5.70. The molecule has 0 aliphatic carbocycles. The molecule has 2 rings (SSSR count). The lowest BCUT2D eigenvalue weighted by Crippen LogP contribution is -2.19. The maximum absolute atomic E-state index is 12.1. The van der Waals surface area contributed by atoms with Crippen molar-refractivity contribution in [2.45, 2.75) is 27.7 Å². The minimum Gasteiger partial charge on any atom is -0.325 e. The summed E-state index contributed by atoms with van der Waals surface area (Å²) in [6.07, 6.45) is 0. The van der Waals surface area contributed by atoms with Crippen LogP contribution < -0.4 is 10.6 Å². The van der Waals surface area contributed by atoms with Crippen molar-refractivity contribution >= 4 is 35.0 Å². The fraction of sp³-hybridized carbons (Fsp3) is 0.316. The molecule has 0 saturated carbocycles. The molecule has 0 saturated heterocycles. The van der Waals surface area contributed by atoms with E-state index in [2.05, 4.69) is 15.6 Å². The number of amides is 2. The smallest absolute Gasteiger partial charge is 0.234 e. The lowest BCUT2D eigenvalue weighted by Gasteiger charge is -2.12. The first kappa shape index (κ1) is 19.0. The van der Waals surface area contributed by atoms with Crippen molar-refractivity contribution < 1.29 is 9.59 Å². The number of thioether (sulfide) groups is 1. The van der Waals surface area contributed by atoms with Gasteiger partial charge in [-0.25, -0.2) is 0 Å². The highest BCUT2D eigenvalue weighted by Gasteiger charge is 2.10. The number of pyridine rings is 1. The summed E-state index contributed by atoms with van der Waals surface area (Å²) in [7, 11) is 0. The largest absolute Gasteiger partial charge is 0.325 e. The molecule has 1 aromatic carbocycles. The number of hydrogen-bond donors (Lipinski definition) is 2. The molecule has 0 unspecified atom stereocenters. The van der Waals surface area contributed by atoms with Gasteiger partial charge in [-0.3, -0.25) is 14.6 Å². The second-order valence-electron chi connectivity index (χ2n) is 6.00. The Bertz CT molecular complexity index is 750. The first-order valence-corrected chi connectivity index (χ1v) is 9.19. The minimum atomic E-state index is -0.134. The van der Waals surface area contributed by atoms with Crippen LogP contribution in [-0.4, -0.2) is 28.3 Å². The van der Waals surface area contributed by atoms with Gasteiger partial charge < -0.3 is 10.6 Å². The van der Waals surface area contributed by atoms with Crippen molar-refractivity contribution in [2.75, 3.05) is 22.1 Å². The van der Waals surface area contributed by atoms with E-state index in [0.29, 0.717) is 0 Å². The molecule has 0 radical (unpaired) electrons. The summed E-state index contributed by atoms with van der Waals surface area (Å²) in [6, 6.07) is 9.54. The van der Waals surface area contributed by atoms with Gasteiger partial charge in [-0.1, -0.05) is 17.7 Å². The number of aromatic nitrogens is 1. The van der Waals surface area contributed by atoms with Crippen molar-refractivity contribution in [3.63, 3.8) is 0 Å². The Kier molecular flexibility index (Phi) is 6.58. The number of nitrogens with one attached hydrogen (secondary N) is 2. The predicted octanol–water partition coefficient (Wildman–Crippen LogP) is 3.63. The highest BCUT2D eigenvalue weighted by Crippen LogP contribution is 2.19. The van der Waals surface area contributed by atoms with Gasteiger partial charge in [0.15, 0.2) is 0 Å². The first-order chi connectivity index (χ1) is 11.8. The topological polar surface area (TPSA) is 71.1 Å². The van der Waals surface area contributed by atoms with Crippen LogP contribution in [0.4, 0.5) is 11.4 Å². The van der Waals surface area contributed by atoms with Gasteiger partial charge in [-0.05, 0) is 51.5 Å². The van der Waals surface area contributed by atoms with Crippen LogP contribution >= 0.6 is 11.8 Å². The van der Waals surface area contributed by atoms with E-state index in [4.69, 9.17) is 0 Å². The third-order valence-corrected chi connectivity index (χ3v) is 4.52. The predicted molar refractivity (Wildman–Crippen MR) is 104 cm³/mol. The quantitative estimate of drug-likeness (QED) is 0.828. The van der Waals surface area contributed by atoms with Gasteiger partial charge in [0.1, 0.15) is 0 Å². The standard InChI is InChI=1S/C19H23N3O2S/c1-12-5-7-16(8-6-12)21-17(23)10-25-11-18(24)22-19-13(2)9-14(3)20-15(19)4/h5-9H,10-11H2,1-4H3,(H,21,23)(H,22,24). The summed E-state index contributed by atoms with van der Waals surface area (Å²) in [5.41, 5.74) is 5.36. The maximum atomic E-state index is 12.1. The monoisotopic (exact) mass is 357 g/mol. The number of anilines is 2. The summed E-state index contributed by atoms with van der Waals surface area (Å²) in [6.45, 7) is 7.73. The number of rotatable bonds is 6. The molecule has 0 fully saturated rings. The van der Waals surface area contributed by atoms with Gasteiger partial charge >= 0.3 is 0 Å². The molecule has 0 aliphatic heterocycles. The molecular weight excluding hydrogens is 334 g/mol.